The van der Waals surface area contributed by atoms with E-state index in [1.54, 1.807) is 0 Å². The van der Waals surface area contributed by atoms with Crippen LogP contribution in [0.15, 0.2) is 54.6 Å². The van der Waals surface area contributed by atoms with Gasteiger partial charge in [-0.3, -0.25) is 4.79 Å². The van der Waals surface area contributed by atoms with Crippen molar-refractivity contribution in [3.63, 3.8) is 0 Å². The molecule has 0 aliphatic carbocycles. The van der Waals surface area contributed by atoms with Gasteiger partial charge in [0.25, 0.3) is 0 Å². The quantitative estimate of drug-likeness (QED) is 0.568. The van der Waals surface area contributed by atoms with Crippen LogP contribution in [0.5, 0.6) is 0 Å². The Morgan fingerprint density at radius 1 is 1.07 bits per heavy atom. The first kappa shape index (κ1) is 18.2. The molecular formula is C23H24N4O. The minimum absolute atomic E-state index is 0.00656. The summed E-state index contributed by atoms with van der Waals surface area (Å²) in [7, 11) is 0. The number of hydrogen-bond donors (Lipinski definition) is 1. The number of fused-ring (bicyclic) bond motifs is 3. The first-order valence-electron chi connectivity index (χ1n) is 9.62. The standard InChI is InChI=1S/C23H24N4O/c1-15(18-9-5-4-6-10-18)24-22(28)14-13-19-16(2)25-23-20-11-7-8-12-21(20)26-27(23)17(19)3/h4-12,15H,13-14H2,1-3H3,(H,24,28)/t15-/m0/s1. The number of nitrogens with one attached hydrogen (secondary N) is 1. The average Bonchev–Trinajstić information content (AvgIpc) is 3.07. The zero-order valence-electron chi connectivity index (χ0n) is 16.4. The van der Waals surface area contributed by atoms with Crippen molar-refractivity contribution in [3.8, 4) is 0 Å². The second kappa shape index (κ2) is 7.43. The van der Waals surface area contributed by atoms with E-state index in [4.69, 9.17) is 4.98 Å². The molecule has 1 N–H and O–H groups in total. The fourth-order valence-corrected chi connectivity index (χ4v) is 3.72. The number of benzene rings is 2. The van der Waals surface area contributed by atoms with E-state index in [-0.39, 0.29) is 11.9 Å². The van der Waals surface area contributed by atoms with Crippen molar-refractivity contribution >= 4 is 22.5 Å². The van der Waals surface area contributed by atoms with Crippen molar-refractivity contribution in [2.45, 2.75) is 39.7 Å². The number of carbonyl (C=O) groups excluding carboxylic acids is 1. The molecule has 2 aromatic heterocycles. The lowest BCUT2D eigenvalue weighted by Gasteiger charge is -2.15. The number of amides is 1. The van der Waals surface area contributed by atoms with Crippen LogP contribution in [0.3, 0.4) is 0 Å². The van der Waals surface area contributed by atoms with Crippen molar-refractivity contribution < 1.29 is 4.79 Å². The Kier molecular flexibility index (Phi) is 4.82. The molecule has 5 nitrogen and oxygen atoms in total. The lowest BCUT2D eigenvalue weighted by Crippen LogP contribution is -2.27. The van der Waals surface area contributed by atoms with Gasteiger partial charge < -0.3 is 5.32 Å². The maximum Gasteiger partial charge on any atom is 0.220 e. The maximum absolute atomic E-state index is 12.5. The third-order valence-electron chi connectivity index (χ3n) is 5.30. The van der Waals surface area contributed by atoms with Gasteiger partial charge in [-0.25, -0.2) is 9.50 Å². The molecular weight excluding hydrogens is 348 g/mol. The fourth-order valence-electron chi connectivity index (χ4n) is 3.72. The molecule has 0 aliphatic rings. The SMILES string of the molecule is Cc1nc2c3ccccc3nn2c(C)c1CCC(=O)N[C@@H](C)c1ccccc1. The minimum atomic E-state index is -0.00656. The van der Waals surface area contributed by atoms with Gasteiger partial charge in [-0.2, -0.15) is 5.10 Å². The monoisotopic (exact) mass is 372 g/mol. The second-order valence-electron chi connectivity index (χ2n) is 7.21. The van der Waals surface area contributed by atoms with E-state index in [1.807, 2.05) is 79.9 Å². The molecule has 0 radical (unpaired) electrons. The molecule has 142 valence electrons. The Morgan fingerprint density at radius 2 is 1.79 bits per heavy atom. The molecule has 28 heavy (non-hydrogen) atoms. The Bertz CT molecular complexity index is 1150. The maximum atomic E-state index is 12.5. The van der Waals surface area contributed by atoms with Crippen LogP contribution in [-0.4, -0.2) is 20.5 Å². The summed E-state index contributed by atoms with van der Waals surface area (Å²) >= 11 is 0. The summed E-state index contributed by atoms with van der Waals surface area (Å²) in [5.41, 5.74) is 6.00. The number of aromatic nitrogens is 3. The zero-order chi connectivity index (χ0) is 19.7. The topological polar surface area (TPSA) is 59.3 Å². The Labute approximate surface area is 164 Å². The van der Waals surface area contributed by atoms with Gasteiger partial charge in [0.05, 0.1) is 11.6 Å². The van der Waals surface area contributed by atoms with Crippen molar-refractivity contribution in [2.75, 3.05) is 0 Å². The van der Waals surface area contributed by atoms with E-state index >= 15 is 0 Å². The summed E-state index contributed by atoms with van der Waals surface area (Å²) in [6.07, 6.45) is 1.07. The third kappa shape index (κ3) is 3.36. The van der Waals surface area contributed by atoms with Gasteiger partial charge in [0.15, 0.2) is 5.65 Å². The summed E-state index contributed by atoms with van der Waals surface area (Å²) in [5.74, 6) is 0.0425. The van der Waals surface area contributed by atoms with Crippen molar-refractivity contribution in [3.05, 3.63) is 77.1 Å². The molecule has 4 rings (SSSR count). The molecule has 2 aromatic carbocycles. The molecule has 0 aliphatic heterocycles. The van der Waals surface area contributed by atoms with Crippen molar-refractivity contribution in [2.24, 2.45) is 0 Å². The largest absolute Gasteiger partial charge is 0.350 e. The Morgan fingerprint density at radius 3 is 2.57 bits per heavy atom. The predicted octanol–water partition coefficient (Wildman–Crippen LogP) is 4.31. The van der Waals surface area contributed by atoms with Gasteiger partial charge in [-0.15, -0.1) is 0 Å². The van der Waals surface area contributed by atoms with Crippen LogP contribution in [0.4, 0.5) is 0 Å². The number of hydrogen-bond acceptors (Lipinski definition) is 3. The third-order valence-corrected chi connectivity index (χ3v) is 5.30. The Hall–Kier alpha value is -3.21. The molecule has 0 saturated heterocycles. The highest BCUT2D eigenvalue weighted by Gasteiger charge is 2.15. The summed E-state index contributed by atoms with van der Waals surface area (Å²) < 4.78 is 1.90. The summed E-state index contributed by atoms with van der Waals surface area (Å²) in [5, 5.41) is 8.82. The van der Waals surface area contributed by atoms with E-state index in [0.717, 1.165) is 39.1 Å². The number of nitrogens with zero attached hydrogens (tertiary/aromatic N) is 3. The summed E-state index contributed by atoms with van der Waals surface area (Å²) in [4.78, 5) is 17.3. The van der Waals surface area contributed by atoms with E-state index < -0.39 is 0 Å². The number of rotatable bonds is 5. The van der Waals surface area contributed by atoms with Crippen molar-refractivity contribution in [1.82, 2.24) is 19.9 Å². The fraction of sp³-hybridized carbons (Fsp3) is 0.261. The predicted molar refractivity (Wildman–Crippen MR) is 111 cm³/mol. The van der Waals surface area contributed by atoms with Crippen LogP contribution in [0.2, 0.25) is 0 Å². The van der Waals surface area contributed by atoms with Crippen LogP contribution in [0.1, 0.15) is 41.9 Å². The van der Waals surface area contributed by atoms with Gasteiger partial charge in [0.1, 0.15) is 0 Å². The smallest absolute Gasteiger partial charge is 0.220 e. The van der Waals surface area contributed by atoms with E-state index in [2.05, 4.69) is 10.4 Å². The molecule has 4 aromatic rings. The van der Waals surface area contributed by atoms with Gasteiger partial charge in [0.2, 0.25) is 5.91 Å². The van der Waals surface area contributed by atoms with Crippen LogP contribution >= 0.6 is 0 Å². The molecule has 2 heterocycles. The molecule has 5 heteroatoms. The molecule has 0 bridgehead atoms. The van der Waals surface area contributed by atoms with Crippen LogP contribution in [0.25, 0.3) is 16.6 Å². The zero-order valence-corrected chi connectivity index (χ0v) is 16.4. The van der Waals surface area contributed by atoms with E-state index in [0.29, 0.717) is 12.8 Å². The van der Waals surface area contributed by atoms with E-state index in [9.17, 15) is 4.79 Å². The van der Waals surface area contributed by atoms with Gasteiger partial charge >= 0.3 is 0 Å². The van der Waals surface area contributed by atoms with Gasteiger partial charge in [-0.1, -0.05) is 42.5 Å². The highest BCUT2D eigenvalue weighted by atomic mass is 16.1. The van der Waals surface area contributed by atoms with Crippen molar-refractivity contribution in [1.29, 1.82) is 0 Å². The molecule has 1 atom stereocenters. The summed E-state index contributed by atoms with van der Waals surface area (Å²) in [6, 6.07) is 18.0. The van der Waals surface area contributed by atoms with Crippen LogP contribution in [0, 0.1) is 13.8 Å². The lowest BCUT2D eigenvalue weighted by molar-refractivity contribution is -0.121. The molecule has 0 saturated carbocycles. The minimum Gasteiger partial charge on any atom is -0.350 e. The molecule has 0 unspecified atom stereocenters. The highest BCUT2D eigenvalue weighted by Crippen LogP contribution is 2.23. The first-order chi connectivity index (χ1) is 13.5. The number of carbonyl (C=O) groups is 1. The van der Waals surface area contributed by atoms with Crippen LogP contribution in [-0.2, 0) is 11.2 Å². The van der Waals surface area contributed by atoms with Gasteiger partial charge in [0, 0.05) is 23.2 Å². The molecule has 1 amide bonds. The summed E-state index contributed by atoms with van der Waals surface area (Å²) in [6.45, 7) is 6.06. The first-order valence-corrected chi connectivity index (χ1v) is 9.62. The second-order valence-corrected chi connectivity index (χ2v) is 7.21. The average molecular weight is 372 g/mol. The Balaban J connectivity index is 1.53. The molecule has 0 fully saturated rings. The lowest BCUT2D eigenvalue weighted by atomic mass is 10.1. The van der Waals surface area contributed by atoms with E-state index in [1.165, 1.54) is 0 Å². The number of aryl methyl sites for hydroxylation is 2. The van der Waals surface area contributed by atoms with Crippen LogP contribution < -0.4 is 5.32 Å². The van der Waals surface area contributed by atoms with Gasteiger partial charge in [-0.05, 0) is 50.5 Å². The molecule has 0 spiro atoms. The highest BCUT2D eigenvalue weighted by molar-refractivity contribution is 5.92. The normalized spacial score (nSPS) is 12.4.